The van der Waals surface area contributed by atoms with Crippen molar-refractivity contribution in [3.63, 3.8) is 0 Å². The monoisotopic (exact) mass is 251 g/mol. The number of nitrogens with zero attached hydrogens (tertiary/aromatic N) is 1. The summed E-state index contributed by atoms with van der Waals surface area (Å²) in [4.78, 5) is 2.16. The van der Waals surface area contributed by atoms with Crippen LogP contribution in [0.5, 0.6) is 0 Å². The zero-order chi connectivity index (χ0) is 11.7. The van der Waals surface area contributed by atoms with E-state index in [-0.39, 0.29) is 6.61 Å². The summed E-state index contributed by atoms with van der Waals surface area (Å²) in [5.74, 6) is 0.471. The highest BCUT2D eigenvalue weighted by Gasteiger charge is 2.10. The Labute approximate surface area is 102 Å². The summed E-state index contributed by atoms with van der Waals surface area (Å²) in [6.07, 6.45) is 1.48. The molecule has 0 radical (unpaired) electrons. The summed E-state index contributed by atoms with van der Waals surface area (Å²) in [6.45, 7) is 5.98. The van der Waals surface area contributed by atoms with Gasteiger partial charge in [-0.05, 0) is 12.8 Å². The fourth-order valence-electron chi connectivity index (χ4n) is 1.15. The second-order valence-electron chi connectivity index (χ2n) is 3.40. The van der Waals surface area contributed by atoms with Crippen LogP contribution < -0.4 is 0 Å². The summed E-state index contributed by atoms with van der Waals surface area (Å²) < 4.78 is 0.825. The summed E-state index contributed by atoms with van der Waals surface area (Å²) in [5, 5.41) is 17.9. The van der Waals surface area contributed by atoms with Crippen molar-refractivity contribution in [2.45, 2.75) is 32.8 Å². The molecule has 0 aliphatic rings. The largest absolute Gasteiger partial charge is 0.394 e. The lowest BCUT2D eigenvalue weighted by molar-refractivity contribution is 0.114. The van der Waals surface area contributed by atoms with E-state index in [1.54, 1.807) is 0 Å². The Morgan fingerprint density at radius 3 is 2.27 bits per heavy atom. The van der Waals surface area contributed by atoms with Crippen LogP contribution in [0.25, 0.3) is 0 Å². The minimum absolute atomic E-state index is 0.197. The van der Waals surface area contributed by atoms with Gasteiger partial charge in [0, 0.05) is 18.8 Å². The lowest BCUT2D eigenvalue weighted by Gasteiger charge is -2.24. The first-order valence-corrected chi connectivity index (χ1v) is 6.75. The van der Waals surface area contributed by atoms with Crippen LogP contribution >= 0.6 is 24.0 Å². The zero-order valence-corrected chi connectivity index (χ0v) is 11.1. The van der Waals surface area contributed by atoms with Gasteiger partial charge in [-0.15, -0.1) is 0 Å². The fraction of sp³-hybridized carbons (Fsp3) is 0.900. The van der Waals surface area contributed by atoms with E-state index in [1.165, 1.54) is 11.8 Å². The van der Waals surface area contributed by atoms with E-state index in [0.717, 1.165) is 30.3 Å². The number of aliphatic hydroxyl groups is 2. The third kappa shape index (κ3) is 7.11. The van der Waals surface area contributed by atoms with E-state index < -0.39 is 6.10 Å². The van der Waals surface area contributed by atoms with E-state index in [4.69, 9.17) is 17.3 Å². The van der Waals surface area contributed by atoms with Crippen LogP contribution in [-0.4, -0.2) is 51.0 Å². The molecule has 0 aromatic carbocycles. The molecule has 0 heterocycles. The molecule has 90 valence electrons. The quantitative estimate of drug-likeness (QED) is 0.671. The predicted octanol–water partition coefficient (Wildman–Crippen LogP) is 1.48. The predicted molar refractivity (Wildman–Crippen MR) is 70.3 cm³/mol. The molecule has 0 bridgehead atoms. The van der Waals surface area contributed by atoms with Gasteiger partial charge >= 0.3 is 0 Å². The third-order valence-electron chi connectivity index (χ3n) is 1.86. The van der Waals surface area contributed by atoms with Crippen LogP contribution in [0, 0.1) is 0 Å². The Kier molecular flexibility index (Phi) is 9.49. The first-order chi connectivity index (χ1) is 7.15. The first-order valence-electron chi connectivity index (χ1n) is 5.36. The summed E-state index contributed by atoms with van der Waals surface area (Å²) in [7, 11) is 0. The minimum Gasteiger partial charge on any atom is -0.394 e. The van der Waals surface area contributed by atoms with Gasteiger partial charge in [0.05, 0.1) is 12.7 Å². The highest BCUT2D eigenvalue weighted by molar-refractivity contribution is 8.22. The lowest BCUT2D eigenvalue weighted by Crippen LogP contribution is -2.30. The normalized spacial score (nSPS) is 12.5. The zero-order valence-electron chi connectivity index (χ0n) is 9.48. The van der Waals surface area contributed by atoms with E-state index in [1.807, 2.05) is 0 Å². The Bertz CT molecular complexity index is 173. The molecule has 0 fully saturated rings. The van der Waals surface area contributed by atoms with Crippen LogP contribution in [0.4, 0.5) is 0 Å². The van der Waals surface area contributed by atoms with Crippen LogP contribution in [-0.2, 0) is 0 Å². The molecule has 0 rings (SSSR count). The molecule has 3 nitrogen and oxygen atoms in total. The average Bonchev–Trinajstić information content (AvgIpc) is 2.25. The van der Waals surface area contributed by atoms with Crippen molar-refractivity contribution >= 4 is 28.3 Å². The molecule has 0 aromatic rings. The van der Waals surface area contributed by atoms with Gasteiger partial charge in [0.15, 0.2) is 0 Å². The standard InChI is InChI=1S/C10H21NO2S2/c1-3-5-11(6-4-2)10(14)15-8-9(13)7-12/h9,12-13H,3-8H2,1-2H3. The fourth-order valence-corrected chi connectivity index (χ4v) is 2.34. The van der Waals surface area contributed by atoms with E-state index in [0.29, 0.717) is 5.75 Å². The minimum atomic E-state index is -0.668. The average molecular weight is 251 g/mol. The van der Waals surface area contributed by atoms with Crippen LogP contribution in [0.2, 0.25) is 0 Å². The van der Waals surface area contributed by atoms with Gasteiger partial charge in [0.1, 0.15) is 4.32 Å². The van der Waals surface area contributed by atoms with Crippen molar-refractivity contribution < 1.29 is 10.2 Å². The molecular weight excluding hydrogens is 230 g/mol. The molecule has 0 amide bonds. The SMILES string of the molecule is CCCN(CCC)C(=S)SCC(O)CO. The van der Waals surface area contributed by atoms with Gasteiger partial charge in [0.2, 0.25) is 0 Å². The molecule has 2 N–H and O–H groups in total. The smallest absolute Gasteiger partial charge is 0.136 e. The first kappa shape index (κ1) is 15.2. The number of thiocarbonyl (C=S) groups is 1. The van der Waals surface area contributed by atoms with Crippen molar-refractivity contribution in [2.24, 2.45) is 0 Å². The molecule has 0 aliphatic heterocycles. The molecule has 15 heavy (non-hydrogen) atoms. The number of hydrogen-bond donors (Lipinski definition) is 2. The van der Waals surface area contributed by atoms with Gasteiger partial charge in [-0.1, -0.05) is 37.8 Å². The second-order valence-corrected chi connectivity index (χ2v) is 5.05. The molecule has 1 unspecified atom stereocenters. The van der Waals surface area contributed by atoms with E-state index in [2.05, 4.69) is 18.7 Å². The second kappa shape index (κ2) is 9.39. The van der Waals surface area contributed by atoms with Crippen molar-refractivity contribution in [2.75, 3.05) is 25.4 Å². The summed E-state index contributed by atoms with van der Waals surface area (Å²) >= 11 is 6.71. The molecule has 0 aliphatic carbocycles. The van der Waals surface area contributed by atoms with Crippen LogP contribution in [0.3, 0.4) is 0 Å². The van der Waals surface area contributed by atoms with Crippen LogP contribution in [0.15, 0.2) is 0 Å². The van der Waals surface area contributed by atoms with E-state index >= 15 is 0 Å². The highest BCUT2D eigenvalue weighted by Crippen LogP contribution is 2.12. The molecule has 0 saturated heterocycles. The van der Waals surface area contributed by atoms with Crippen LogP contribution in [0.1, 0.15) is 26.7 Å². The van der Waals surface area contributed by atoms with E-state index in [9.17, 15) is 5.11 Å². The third-order valence-corrected chi connectivity index (χ3v) is 3.52. The van der Waals surface area contributed by atoms with Gasteiger partial charge in [0.25, 0.3) is 0 Å². The lowest BCUT2D eigenvalue weighted by atomic mass is 10.4. The summed E-state index contributed by atoms with van der Waals surface area (Å²) in [6, 6.07) is 0. The maximum absolute atomic E-state index is 9.20. The number of thioether (sulfide) groups is 1. The maximum atomic E-state index is 9.20. The van der Waals surface area contributed by atoms with Gasteiger partial charge < -0.3 is 15.1 Å². The van der Waals surface area contributed by atoms with Crippen molar-refractivity contribution in [1.82, 2.24) is 4.90 Å². The molecule has 0 spiro atoms. The molecular formula is C10H21NO2S2. The topological polar surface area (TPSA) is 43.7 Å². The molecule has 5 heteroatoms. The number of hydrogen-bond acceptors (Lipinski definition) is 4. The number of aliphatic hydroxyl groups excluding tert-OH is 2. The van der Waals surface area contributed by atoms with Crippen molar-refractivity contribution in [3.8, 4) is 0 Å². The van der Waals surface area contributed by atoms with Crippen molar-refractivity contribution in [1.29, 1.82) is 0 Å². The molecule has 0 aromatic heterocycles. The summed E-state index contributed by atoms with van der Waals surface area (Å²) in [5.41, 5.74) is 0. The Hall–Kier alpha value is 0.160. The van der Waals surface area contributed by atoms with Gasteiger partial charge in [-0.2, -0.15) is 0 Å². The highest BCUT2D eigenvalue weighted by atomic mass is 32.2. The maximum Gasteiger partial charge on any atom is 0.136 e. The van der Waals surface area contributed by atoms with Crippen molar-refractivity contribution in [3.05, 3.63) is 0 Å². The Morgan fingerprint density at radius 1 is 1.33 bits per heavy atom. The Morgan fingerprint density at radius 2 is 1.87 bits per heavy atom. The number of rotatable bonds is 7. The van der Waals surface area contributed by atoms with Gasteiger partial charge in [-0.25, -0.2) is 0 Å². The Balaban J connectivity index is 3.90. The molecule has 1 atom stereocenters. The molecule has 0 saturated carbocycles. The van der Waals surface area contributed by atoms with Gasteiger partial charge in [-0.3, -0.25) is 0 Å².